The molecule has 0 atom stereocenters. The maximum atomic E-state index is 12.7. The predicted octanol–water partition coefficient (Wildman–Crippen LogP) is 4.98. The zero-order valence-corrected chi connectivity index (χ0v) is 12.2. The second-order valence-corrected chi connectivity index (χ2v) is 6.08. The molecule has 2 aromatic heterocycles. The molecular formula is C18H12O2S. The zero-order valence-electron chi connectivity index (χ0n) is 11.4. The highest BCUT2D eigenvalue weighted by molar-refractivity contribution is 7.22. The molecule has 0 aliphatic heterocycles. The Bertz CT molecular complexity index is 1020. The summed E-state index contributed by atoms with van der Waals surface area (Å²) >= 11 is 1.64. The highest BCUT2D eigenvalue weighted by Crippen LogP contribution is 2.37. The average molecular weight is 292 g/mol. The number of hydrogen-bond donors (Lipinski definition) is 0. The van der Waals surface area contributed by atoms with Crippen LogP contribution in [0.5, 0.6) is 0 Å². The Morgan fingerprint density at radius 2 is 1.67 bits per heavy atom. The summed E-state index contributed by atoms with van der Waals surface area (Å²) in [6.45, 7) is 2.06. The zero-order chi connectivity index (χ0) is 14.4. The van der Waals surface area contributed by atoms with E-state index in [4.69, 9.17) is 4.42 Å². The van der Waals surface area contributed by atoms with Crippen molar-refractivity contribution >= 4 is 32.4 Å². The molecule has 0 aliphatic carbocycles. The first kappa shape index (κ1) is 12.4. The lowest BCUT2D eigenvalue weighted by Gasteiger charge is -2.01. The lowest BCUT2D eigenvalue weighted by molar-refractivity contribution is 0.605. The molecule has 2 heterocycles. The minimum Gasteiger partial charge on any atom is -0.463 e. The number of thiophene rings is 1. The van der Waals surface area contributed by atoms with Crippen LogP contribution in [0, 0.1) is 6.92 Å². The summed E-state index contributed by atoms with van der Waals surface area (Å²) in [6.07, 6.45) is 1.59. The molecule has 21 heavy (non-hydrogen) atoms. The fraction of sp³-hybridized carbons (Fsp3) is 0.0556. The van der Waals surface area contributed by atoms with Crippen molar-refractivity contribution in [3.05, 3.63) is 70.6 Å². The minimum atomic E-state index is 0.0338. The molecule has 0 saturated carbocycles. The van der Waals surface area contributed by atoms with Crippen LogP contribution in [0.3, 0.4) is 0 Å². The fourth-order valence-electron chi connectivity index (χ4n) is 2.67. The Morgan fingerprint density at radius 1 is 0.952 bits per heavy atom. The molecule has 0 saturated heterocycles. The topological polar surface area (TPSA) is 30.2 Å². The SMILES string of the molecule is Cc1c(-c2coc3ccccc3c2=O)sc2ccccc12. The Hall–Kier alpha value is -2.39. The quantitative estimate of drug-likeness (QED) is 0.495. The number of fused-ring (bicyclic) bond motifs is 2. The first-order valence-electron chi connectivity index (χ1n) is 6.75. The fourth-order valence-corrected chi connectivity index (χ4v) is 3.88. The molecule has 0 radical (unpaired) electrons. The molecule has 0 unspecified atom stereocenters. The maximum absolute atomic E-state index is 12.7. The number of rotatable bonds is 1. The monoisotopic (exact) mass is 292 g/mol. The molecule has 0 spiro atoms. The summed E-state index contributed by atoms with van der Waals surface area (Å²) in [5.41, 5.74) is 2.45. The molecule has 0 bridgehead atoms. The standard InChI is InChI=1S/C18H12O2S/c1-11-12-6-3-5-9-16(12)21-18(11)14-10-20-15-8-4-2-7-13(15)17(14)19/h2-10H,1H3. The van der Waals surface area contributed by atoms with Crippen molar-refractivity contribution in [3.8, 4) is 10.4 Å². The smallest absolute Gasteiger partial charge is 0.201 e. The van der Waals surface area contributed by atoms with E-state index in [2.05, 4.69) is 19.1 Å². The molecule has 0 N–H and O–H groups in total. The van der Waals surface area contributed by atoms with Gasteiger partial charge in [-0.25, -0.2) is 0 Å². The average Bonchev–Trinajstić information content (AvgIpc) is 2.85. The van der Waals surface area contributed by atoms with Crippen molar-refractivity contribution < 1.29 is 4.42 Å². The van der Waals surface area contributed by atoms with Gasteiger partial charge in [0.1, 0.15) is 11.8 Å². The van der Waals surface area contributed by atoms with Gasteiger partial charge in [-0.15, -0.1) is 11.3 Å². The summed E-state index contributed by atoms with van der Waals surface area (Å²) in [7, 11) is 0. The van der Waals surface area contributed by atoms with E-state index in [-0.39, 0.29) is 5.43 Å². The van der Waals surface area contributed by atoms with Gasteiger partial charge in [-0.05, 0) is 36.1 Å². The molecular weight excluding hydrogens is 280 g/mol. The van der Waals surface area contributed by atoms with Crippen LogP contribution < -0.4 is 5.43 Å². The first-order valence-corrected chi connectivity index (χ1v) is 7.56. The van der Waals surface area contributed by atoms with Crippen molar-refractivity contribution in [2.45, 2.75) is 6.92 Å². The highest BCUT2D eigenvalue weighted by atomic mass is 32.1. The molecule has 2 nitrogen and oxygen atoms in total. The van der Waals surface area contributed by atoms with Gasteiger partial charge in [-0.2, -0.15) is 0 Å². The number of aryl methyl sites for hydroxylation is 1. The highest BCUT2D eigenvalue weighted by Gasteiger charge is 2.15. The van der Waals surface area contributed by atoms with E-state index < -0.39 is 0 Å². The van der Waals surface area contributed by atoms with Gasteiger partial charge in [0.15, 0.2) is 0 Å². The van der Waals surface area contributed by atoms with Crippen molar-refractivity contribution in [1.82, 2.24) is 0 Å². The Kier molecular flexibility index (Phi) is 2.69. The van der Waals surface area contributed by atoms with Crippen molar-refractivity contribution in [3.63, 3.8) is 0 Å². The number of benzene rings is 2. The van der Waals surface area contributed by atoms with Crippen LogP contribution in [0.2, 0.25) is 0 Å². The van der Waals surface area contributed by atoms with Gasteiger partial charge in [0.25, 0.3) is 0 Å². The second-order valence-electron chi connectivity index (χ2n) is 5.03. The minimum absolute atomic E-state index is 0.0338. The number of para-hydroxylation sites is 1. The largest absolute Gasteiger partial charge is 0.463 e. The Balaban J connectivity index is 2.07. The van der Waals surface area contributed by atoms with Gasteiger partial charge in [0.2, 0.25) is 5.43 Å². The lowest BCUT2D eigenvalue weighted by atomic mass is 10.1. The van der Waals surface area contributed by atoms with Crippen molar-refractivity contribution in [1.29, 1.82) is 0 Å². The molecule has 2 aromatic carbocycles. The van der Waals surface area contributed by atoms with Crippen LogP contribution in [0.1, 0.15) is 5.56 Å². The summed E-state index contributed by atoms with van der Waals surface area (Å²) in [5.74, 6) is 0. The van der Waals surface area contributed by atoms with Crippen LogP contribution in [-0.2, 0) is 0 Å². The van der Waals surface area contributed by atoms with Gasteiger partial charge in [-0.1, -0.05) is 30.3 Å². The van der Waals surface area contributed by atoms with Gasteiger partial charge < -0.3 is 4.42 Å². The molecule has 0 fully saturated rings. The van der Waals surface area contributed by atoms with E-state index >= 15 is 0 Å². The van der Waals surface area contributed by atoms with Crippen LogP contribution >= 0.6 is 11.3 Å². The molecule has 0 aliphatic rings. The number of hydrogen-bond acceptors (Lipinski definition) is 3. The molecule has 0 amide bonds. The summed E-state index contributed by atoms with van der Waals surface area (Å²) < 4.78 is 6.83. The Morgan fingerprint density at radius 3 is 2.48 bits per heavy atom. The van der Waals surface area contributed by atoms with Crippen LogP contribution in [0.15, 0.2) is 64.0 Å². The predicted molar refractivity (Wildman–Crippen MR) is 88.0 cm³/mol. The van der Waals surface area contributed by atoms with E-state index in [1.54, 1.807) is 17.6 Å². The molecule has 102 valence electrons. The molecule has 4 aromatic rings. The van der Waals surface area contributed by atoms with Crippen LogP contribution in [0.25, 0.3) is 31.5 Å². The second kappa shape index (κ2) is 4.57. The van der Waals surface area contributed by atoms with Crippen molar-refractivity contribution in [2.75, 3.05) is 0 Å². The molecule has 3 heteroatoms. The summed E-state index contributed by atoms with van der Waals surface area (Å²) in [5, 5.41) is 1.83. The lowest BCUT2D eigenvalue weighted by Crippen LogP contribution is -2.04. The normalized spacial score (nSPS) is 11.3. The van der Waals surface area contributed by atoms with E-state index in [0.29, 0.717) is 16.5 Å². The molecule has 4 rings (SSSR count). The van der Waals surface area contributed by atoms with Gasteiger partial charge >= 0.3 is 0 Å². The Labute approximate surface area is 125 Å². The van der Waals surface area contributed by atoms with Gasteiger partial charge in [0.05, 0.1) is 10.9 Å². The maximum Gasteiger partial charge on any atom is 0.201 e. The van der Waals surface area contributed by atoms with Gasteiger partial charge in [-0.3, -0.25) is 4.79 Å². The van der Waals surface area contributed by atoms with E-state index in [1.807, 2.05) is 36.4 Å². The van der Waals surface area contributed by atoms with E-state index in [9.17, 15) is 4.79 Å². The third-order valence-electron chi connectivity index (χ3n) is 3.77. The van der Waals surface area contributed by atoms with Crippen molar-refractivity contribution in [2.24, 2.45) is 0 Å². The van der Waals surface area contributed by atoms with Crippen LogP contribution in [-0.4, -0.2) is 0 Å². The summed E-state index contributed by atoms with van der Waals surface area (Å²) in [4.78, 5) is 13.7. The first-order chi connectivity index (χ1) is 10.3. The van der Waals surface area contributed by atoms with Gasteiger partial charge in [0, 0.05) is 9.58 Å². The summed E-state index contributed by atoms with van der Waals surface area (Å²) in [6, 6.07) is 15.6. The third-order valence-corrected chi connectivity index (χ3v) is 5.07. The van der Waals surface area contributed by atoms with E-state index in [0.717, 1.165) is 10.4 Å². The van der Waals surface area contributed by atoms with E-state index in [1.165, 1.54) is 10.1 Å². The van der Waals surface area contributed by atoms with Crippen LogP contribution in [0.4, 0.5) is 0 Å². The third kappa shape index (κ3) is 1.82.